The van der Waals surface area contributed by atoms with Crippen LogP contribution >= 0.6 is 0 Å². The summed E-state index contributed by atoms with van der Waals surface area (Å²) in [6, 6.07) is 28.9. The Hall–Kier alpha value is -3.36. The van der Waals surface area contributed by atoms with Gasteiger partial charge in [-0.3, -0.25) is 0 Å². The Balaban J connectivity index is 0.000000196. The second-order valence-electron chi connectivity index (χ2n) is 9.73. The summed E-state index contributed by atoms with van der Waals surface area (Å²) >= 11 is 0. The molecule has 35 heavy (non-hydrogen) atoms. The van der Waals surface area contributed by atoms with Crippen molar-refractivity contribution in [3.63, 3.8) is 0 Å². The van der Waals surface area contributed by atoms with Crippen molar-refractivity contribution in [3.8, 4) is 23.3 Å². The molecule has 0 aliphatic heterocycles. The third kappa shape index (κ3) is 8.12. The molecular formula is C33H38N2. The number of unbranched alkanes of at least 4 members (excludes halogenated alkanes) is 1. The Morgan fingerprint density at radius 3 is 1.66 bits per heavy atom. The maximum Gasteiger partial charge on any atom is 0.0991 e. The van der Waals surface area contributed by atoms with Crippen LogP contribution in [-0.2, 0) is 6.42 Å². The maximum atomic E-state index is 8.78. The fourth-order valence-electron chi connectivity index (χ4n) is 5.00. The fraction of sp³-hybridized carbons (Fsp3) is 0.394. The van der Waals surface area contributed by atoms with E-state index in [2.05, 4.69) is 62.4 Å². The van der Waals surface area contributed by atoms with E-state index in [1.165, 1.54) is 68.1 Å². The standard InChI is InChI=1S/C17H17N.C16H21N/c1-2-3-4-14-5-9-16(10-6-14)17-11-7-15(13-18)8-12-17;1-2-3-13-4-8-15(9-5-13)16-10-6-14(12-17)7-11-16/h5-12H,2-4H2,1H3;6-7,10-11,13,15H,2-5,8-9H2,1H3. The molecule has 0 heterocycles. The first kappa shape index (κ1) is 26.2. The molecule has 3 aromatic rings. The summed E-state index contributed by atoms with van der Waals surface area (Å²) in [6.07, 6.45) is 11.8. The first-order chi connectivity index (χ1) is 17.2. The molecule has 0 unspecified atom stereocenters. The highest BCUT2D eigenvalue weighted by Gasteiger charge is 2.21. The lowest BCUT2D eigenvalue weighted by Crippen LogP contribution is -2.13. The average molecular weight is 463 g/mol. The number of benzene rings is 3. The normalized spacial score (nSPS) is 16.9. The SMILES string of the molecule is CCCC1CCC(c2ccc(C#N)cc2)CC1.CCCCc1ccc(-c2ccc(C#N)cc2)cc1. The first-order valence-corrected chi connectivity index (χ1v) is 13.3. The Labute approximate surface area is 212 Å². The van der Waals surface area contributed by atoms with Gasteiger partial charge < -0.3 is 0 Å². The lowest BCUT2D eigenvalue weighted by molar-refractivity contribution is 0.308. The zero-order chi connectivity index (χ0) is 24.9. The largest absolute Gasteiger partial charge is 0.192 e. The molecular weight excluding hydrogens is 424 g/mol. The molecule has 180 valence electrons. The zero-order valence-corrected chi connectivity index (χ0v) is 21.3. The molecule has 0 saturated heterocycles. The van der Waals surface area contributed by atoms with Crippen LogP contribution in [0.4, 0.5) is 0 Å². The summed E-state index contributed by atoms with van der Waals surface area (Å²) in [5, 5.41) is 17.6. The predicted octanol–water partition coefficient (Wildman–Crippen LogP) is 9.20. The molecule has 3 aromatic carbocycles. The van der Waals surface area contributed by atoms with Gasteiger partial charge in [-0.15, -0.1) is 0 Å². The minimum atomic E-state index is 0.707. The van der Waals surface area contributed by atoms with Crippen LogP contribution in [0.15, 0.2) is 72.8 Å². The Bertz CT molecular complexity index is 1090. The second-order valence-corrected chi connectivity index (χ2v) is 9.73. The molecule has 1 aliphatic carbocycles. The molecule has 1 fully saturated rings. The van der Waals surface area contributed by atoms with Crippen LogP contribution < -0.4 is 0 Å². The van der Waals surface area contributed by atoms with E-state index in [0.717, 1.165) is 29.4 Å². The molecule has 1 saturated carbocycles. The van der Waals surface area contributed by atoms with E-state index in [9.17, 15) is 0 Å². The van der Waals surface area contributed by atoms with E-state index >= 15 is 0 Å². The van der Waals surface area contributed by atoms with Crippen LogP contribution in [0.1, 0.15) is 93.4 Å². The number of aryl methyl sites for hydroxylation is 1. The fourth-order valence-corrected chi connectivity index (χ4v) is 5.00. The van der Waals surface area contributed by atoms with Crippen LogP contribution in [0.3, 0.4) is 0 Å². The van der Waals surface area contributed by atoms with Gasteiger partial charge in [-0.1, -0.05) is 81.6 Å². The number of nitriles is 2. The van der Waals surface area contributed by atoms with Crippen LogP contribution in [0.5, 0.6) is 0 Å². The Kier molecular flexibility index (Phi) is 10.6. The molecule has 2 nitrogen and oxygen atoms in total. The van der Waals surface area contributed by atoms with Gasteiger partial charge in [-0.05, 0) is 96.9 Å². The quantitative estimate of drug-likeness (QED) is 0.351. The molecule has 0 bridgehead atoms. The van der Waals surface area contributed by atoms with Gasteiger partial charge in [0.1, 0.15) is 0 Å². The van der Waals surface area contributed by atoms with Crippen molar-refractivity contribution < 1.29 is 0 Å². The Morgan fingerprint density at radius 2 is 1.17 bits per heavy atom. The average Bonchev–Trinajstić information content (AvgIpc) is 2.93. The number of nitrogens with zero attached hydrogens (tertiary/aromatic N) is 2. The van der Waals surface area contributed by atoms with Crippen LogP contribution in [0, 0.1) is 28.6 Å². The summed E-state index contributed by atoms with van der Waals surface area (Å²) in [5.74, 6) is 1.70. The van der Waals surface area contributed by atoms with Crippen molar-refractivity contribution in [2.75, 3.05) is 0 Å². The maximum absolute atomic E-state index is 8.78. The third-order valence-corrected chi connectivity index (χ3v) is 7.18. The van der Waals surface area contributed by atoms with Gasteiger partial charge in [-0.25, -0.2) is 0 Å². The van der Waals surface area contributed by atoms with E-state index in [4.69, 9.17) is 10.5 Å². The van der Waals surface area contributed by atoms with Crippen molar-refractivity contribution in [2.24, 2.45) is 5.92 Å². The summed E-state index contributed by atoms with van der Waals surface area (Å²) in [7, 11) is 0. The monoisotopic (exact) mass is 462 g/mol. The molecule has 0 amide bonds. The van der Waals surface area contributed by atoms with Gasteiger partial charge in [0, 0.05) is 0 Å². The van der Waals surface area contributed by atoms with E-state index < -0.39 is 0 Å². The van der Waals surface area contributed by atoms with E-state index in [1.54, 1.807) is 0 Å². The minimum absolute atomic E-state index is 0.707. The number of hydrogen-bond donors (Lipinski definition) is 0. The minimum Gasteiger partial charge on any atom is -0.192 e. The predicted molar refractivity (Wildman–Crippen MR) is 146 cm³/mol. The number of rotatable bonds is 7. The zero-order valence-electron chi connectivity index (χ0n) is 21.3. The van der Waals surface area contributed by atoms with E-state index in [1.807, 2.05) is 36.4 Å². The van der Waals surface area contributed by atoms with Gasteiger partial charge >= 0.3 is 0 Å². The summed E-state index contributed by atoms with van der Waals surface area (Å²) in [5.41, 5.74) is 6.68. The third-order valence-electron chi connectivity index (χ3n) is 7.18. The van der Waals surface area contributed by atoms with Crippen LogP contribution in [0.25, 0.3) is 11.1 Å². The molecule has 2 heteroatoms. The molecule has 0 N–H and O–H groups in total. The van der Waals surface area contributed by atoms with Crippen molar-refractivity contribution in [3.05, 3.63) is 95.1 Å². The highest BCUT2D eigenvalue weighted by atomic mass is 14.3. The van der Waals surface area contributed by atoms with Gasteiger partial charge in [0.25, 0.3) is 0 Å². The van der Waals surface area contributed by atoms with Crippen LogP contribution in [-0.4, -0.2) is 0 Å². The molecule has 0 aromatic heterocycles. The topological polar surface area (TPSA) is 47.6 Å². The Morgan fingerprint density at radius 1 is 0.657 bits per heavy atom. The molecule has 1 aliphatic rings. The highest BCUT2D eigenvalue weighted by molar-refractivity contribution is 5.64. The van der Waals surface area contributed by atoms with Crippen molar-refractivity contribution >= 4 is 0 Å². The smallest absolute Gasteiger partial charge is 0.0991 e. The lowest BCUT2D eigenvalue weighted by Gasteiger charge is -2.28. The summed E-state index contributed by atoms with van der Waals surface area (Å²) < 4.78 is 0. The van der Waals surface area contributed by atoms with E-state index in [-0.39, 0.29) is 0 Å². The summed E-state index contributed by atoms with van der Waals surface area (Å²) in [6.45, 7) is 4.50. The molecule has 0 spiro atoms. The molecule has 0 atom stereocenters. The first-order valence-electron chi connectivity index (χ1n) is 13.3. The van der Waals surface area contributed by atoms with Crippen LogP contribution in [0.2, 0.25) is 0 Å². The van der Waals surface area contributed by atoms with Gasteiger partial charge in [0.05, 0.1) is 23.3 Å². The van der Waals surface area contributed by atoms with Gasteiger partial charge in [-0.2, -0.15) is 10.5 Å². The van der Waals surface area contributed by atoms with Crippen molar-refractivity contribution in [2.45, 2.75) is 77.6 Å². The van der Waals surface area contributed by atoms with Gasteiger partial charge in [0.15, 0.2) is 0 Å². The van der Waals surface area contributed by atoms with Gasteiger partial charge in [0.2, 0.25) is 0 Å². The lowest BCUT2D eigenvalue weighted by atomic mass is 9.77. The summed E-state index contributed by atoms with van der Waals surface area (Å²) in [4.78, 5) is 0. The van der Waals surface area contributed by atoms with Crippen molar-refractivity contribution in [1.29, 1.82) is 10.5 Å². The number of hydrogen-bond acceptors (Lipinski definition) is 2. The van der Waals surface area contributed by atoms with Crippen molar-refractivity contribution in [1.82, 2.24) is 0 Å². The molecule has 4 rings (SSSR count). The van der Waals surface area contributed by atoms with E-state index in [0.29, 0.717) is 5.56 Å². The molecule has 0 radical (unpaired) electrons. The highest BCUT2D eigenvalue weighted by Crippen LogP contribution is 2.37. The second kappa shape index (κ2) is 14.1.